The van der Waals surface area contributed by atoms with Gasteiger partial charge in [-0.1, -0.05) is 37.3 Å². The van der Waals surface area contributed by atoms with Crippen LogP contribution in [0.2, 0.25) is 6.04 Å². The molecule has 0 heterocycles. The molecule has 0 spiro atoms. The first-order valence-corrected chi connectivity index (χ1v) is 9.51. The van der Waals surface area contributed by atoms with E-state index in [1.807, 2.05) is 30.3 Å². The van der Waals surface area contributed by atoms with Gasteiger partial charge in [-0.3, -0.25) is 0 Å². The molecule has 1 unspecified atom stereocenters. The number of rotatable bonds is 8. The molecule has 0 aliphatic carbocycles. The summed E-state index contributed by atoms with van der Waals surface area (Å²) < 4.78 is 16.1. The lowest BCUT2D eigenvalue weighted by Crippen LogP contribution is -2.43. The van der Waals surface area contributed by atoms with Crippen molar-refractivity contribution in [3.8, 4) is 0 Å². The summed E-state index contributed by atoms with van der Waals surface area (Å²) in [4.78, 5) is 0. The molecule has 0 aromatic heterocycles. The first kappa shape index (κ1) is 20.6. The van der Waals surface area contributed by atoms with Gasteiger partial charge in [-0.15, -0.1) is 0 Å². The molecule has 0 bridgehead atoms. The Hall–Kier alpha value is -0.373. The molecule has 0 saturated carbocycles. The van der Waals surface area contributed by atoms with Crippen LogP contribution in [0.25, 0.3) is 0 Å². The van der Waals surface area contributed by atoms with Crippen molar-refractivity contribution in [3.05, 3.63) is 42.8 Å². The van der Waals surface area contributed by atoms with Gasteiger partial charge < -0.3 is 19.0 Å². The summed E-state index contributed by atoms with van der Waals surface area (Å²) in [7, 11) is 2.36. The molecule has 0 fully saturated rings. The molecule has 6 heteroatoms. The summed E-state index contributed by atoms with van der Waals surface area (Å²) in [5, 5.41) is 0. The van der Waals surface area contributed by atoms with Crippen molar-refractivity contribution >= 4 is 21.4 Å². The minimum atomic E-state index is -2.49. The molecule has 2 N–H and O–H groups in total. The number of hydrogen-bond acceptors (Lipinski definition) is 5. The molecule has 1 aromatic rings. The Morgan fingerprint density at radius 3 is 2.00 bits per heavy atom. The van der Waals surface area contributed by atoms with Crippen LogP contribution in [0, 0.1) is 6.92 Å². The van der Waals surface area contributed by atoms with E-state index in [1.165, 1.54) is 0 Å². The minimum Gasteiger partial charge on any atom is -0.377 e. The molecule has 21 heavy (non-hydrogen) atoms. The smallest absolute Gasteiger partial charge is 0.377 e. The quantitative estimate of drug-likeness (QED) is 0.568. The number of thiol groups is 1. The van der Waals surface area contributed by atoms with Crippen molar-refractivity contribution in [3.63, 3.8) is 0 Å². The number of hydrogen-bond donors (Lipinski definition) is 2. The second-order valence-corrected chi connectivity index (χ2v) is 7.97. The SMILES string of the molecule is CO[Si](CCC(N)c1ccccc1)(OC)OC.[CH2]CCS. The maximum atomic E-state index is 6.12. The zero-order chi connectivity index (χ0) is 16.1. The van der Waals surface area contributed by atoms with Crippen molar-refractivity contribution in [2.75, 3.05) is 27.1 Å². The van der Waals surface area contributed by atoms with Crippen LogP contribution >= 0.6 is 12.6 Å². The van der Waals surface area contributed by atoms with Crippen LogP contribution in [0.1, 0.15) is 24.4 Å². The molecule has 1 aromatic carbocycles. The van der Waals surface area contributed by atoms with Crippen molar-refractivity contribution in [2.45, 2.75) is 24.9 Å². The van der Waals surface area contributed by atoms with Crippen LogP contribution in [-0.4, -0.2) is 35.9 Å². The van der Waals surface area contributed by atoms with Crippen molar-refractivity contribution < 1.29 is 13.3 Å². The van der Waals surface area contributed by atoms with E-state index in [-0.39, 0.29) is 6.04 Å². The van der Waals surface area contributed by atoms with E-state index in [9.17, 15) is 0 Å². The third-order valence-electron chi connectivity index (χ3n) is 3.08. The summed E-state index contributed by atoms with van der Waals surface area (Å²) in [6, 6.07) is 10.7. The fourth-order valence-corrected chi connectivity index (χ4v) is 3.53. The van der Waals surface area contributed by atoms with Gasteiger partial charge in [0.25, 0.3) is 0 Å². The average molecular weight is 331 g/mol. The van der Waals surface area contributed by atoms with Gasteiger partial charge in [0.05, 0.1) is 0 Å². The Kier molecular flexibility index (Phi) is 12.0. The average Bonchev–Trinajstić information content (AvgIpc) is 2.57. The molecule has 121 valence electrons. The molecule has 0 aliphatic heterocycles. The highest BCUT2D eigenvalue weighted by Gasteiger charge is 2.37. The maximum Gasteiger partial charge on any atom is 0.500 e. The molecule has 0 aliphatic rings. The van der Waals surface area contributed by atoms with Crippen LogP contribution in [-0.2, 0) is 13.3 Å². The molecule has 0 amide bonds. The van der Waals surface area contributed by atoms with E-state index < -0.39 is 8.80 Å². The molecular weight excluding hydrogens is 302 g/mol. The molecule has 4 nitrogen and oxygen atoms in total. The molecule has 1 radical (unpaired) electrons. The van der Waals surface area contributed by atoms with Gasteiger partial charge in [-0.2, -0.15) is 12.6 Å². The number of nitrogens with two attached hydrogens (primary N) is 1. The minimum absolute atomic E-state index is 0.0106. The van der Waals surface area contributed by atoms with E-state index in [4.69, 9.17) is 19.0 Å². The Balaban J connectivity index is 0.000000885. The van der Waals surface area contributed by atoms with Gasteiger partial charge in [-0.05, 0) is 24.2 Å². The Bertz CT molecular complexity index is 340. The first-order chi connectivity index (χ1) is 10.1. The van der Waals surface area contributed by atoms with E-state index in [0.29, 0.717) is 6.04 Å². The fraction of sp³-hybridized carbons (Fsp3) is 0.533. The predicted molar refractivity (Wildman–Crippen MR) is 93.4 cm³/mol. The third kappa shape index (κ3) is 7.99. The van der Waals surface area contributed by atoms with Crippen LogP contribution in [0.4, 0.5) is 0 Å². The Morgan fingerprint density at radius 2 is 1.62 bits per heavy atom. The highest BCUT2D eigenvalue weighted by atomic mass is 32.1. The maximum absolute atomic E-state index is 6.12. The van der Waals surface area contributed by atoms with Crippen LogP contribution < -0.4 is 5.73 Å². The lowest BCUT2D eigenvalue weighted by molar-refractivity contribution is 0.122. The van der Waals surface area contributed by atoms with Gasteiger partial charge in [0, 0.05) is 33.4 Å². The lowest BCUT2D eigenvalue weighted by atomic mass is 10.1. The van der Waals surface area contributed by atoms with Gasteiger partial charge >= 0.3 is 8.80 Å². The van der Waals surface area contributed by atoms with Crippen LogP contribution in [0.3, 0.4) is 0 Å². The first-order valence-electron chi connectivity index (χ1n) is 6.95. The molecule has 1 atom stereocenters. The summed E-state index contributed by atoms with van der Waals surface area (Å²) in [6.07, 6.45) is 1.72. The summed E-state index contributed by atoms with van der Waals surface area (Å²) in [5.74, 6) is 0.903. The van der Waals surface area contributed by atoms with Crippen molar-refractivity contribution in [1.82, 2.24) is 0 Å². The summed E-state index contributed by atoms with van der Waals surface area (Å²) in [6.45, 7) is 3.53. The zero-order valence-corrected chi connectivity index (χ0v) is 15.1. The van der Waals surface area contributed by atoms with Gasteiger partial charge in [-0.25, -0.2) is 0 Å². The summed E-state index contributed by atoms with van der Waals surface area (Å²) in [5.41, 5.74) is 7.25. The second-order valence-electron chi connectivity index (χ2n) is 4.43. The lowest BCUT2D eigenvalue weighted by Gasteiger charge is -2.25. The predicted octanol–water partition coefficient (Wildman–Crippen LogP) is 3.09. The normalized spacial score (nSPS) is 12.5. The molecule has 0 saturated heterocycles. The molecular formula is C15H28NO3SSi. The highest BCUT2D eigenvalue weighted by Crippen LogP contribution is 2.22. The van der Waals surface area contributed by atoms with Crippen molar-refractivity contribution in [2.24, 2.45) is 5.73 Å². The third-order valence-corrected chi connectivity index (χ3v) is 6.16. The van der Waals surface area contributed by atoms with Crippen molar-refractivity contribution in [1.29, 1.82) is 0 Å². The second kappa shape index (κ2) is 12.2. The fourth-order valence-electron chi connectivity index (χ4n) is 1.76. The Labute approximate surface area is 135 Å². The van der Waals surface area contributed by atoms with E-state index in [0.717, 1.165) is 24.2 Å². The van der Waals surface area contributed by atoms with E-state index in [1.54, 1.807) is 21.3 Å². The Morgan fingerprint density at radius 1 is 1.14 bits per heavy atom. The highest BCUT2D eigenvalue weighted by molar-refractivity contribution is 7.80. The van der Waals surface area contributed by atoms with E-state index >= 15 is 0 Å². The van der Waals surface area contributed by atoms with Gasteiger partial charge in [0.15, 0.2) is 0 Å². The standard InChI is InChI=1S/C12H21NO3Si.C3H7S/c1-14-17(15-2,16-3)10-9-12(13)11-7-5-4-6-8-11;1-2-3-4/h4-8,12H,9-10,13H2,1-3H3;4H,1-3H2. The van der Waals surface area contributed by atoms with Crippen LogP contribution in [0.5, 0.6) is 0 Å². The monoisotopic (exact) mass is 330 g/mol. The number of benzene rings is 1. The largest absolute Gasteiger partial charge is 0.500 e. The van der Waals surface area contributed by atoms with Gasteiger partial charge in [0.2, 0.25) is 0 Å². The summed E-state index contributed by atoms with van der Waals surface area (Å²) >= 11 is 3.86. The van der Waals surface area contributed by atoms with Gasteiger partial charge in [0.1, 0.15) is 0 Å². The zero-order valence-electron chi connectivity index (χ0n) is 13.2. The topological polar surface area (TPSA) is 53.7 Å². The van der Waals surface area contributed by atoms with E-state index in [2.05, 4.69) is 19.6 Å². The van der Waals surface area contributed by atoms with Crippen LogP contribution in [0.15, 0.2) is 30.3 Å². The molecule has 1 rings (SSSR count).